The molecule has 0 radical (unpaired) electrons. The Kier molecular flexibility index (Phi) is 5.10. The van der Waals surface area contributed by atoms with Crippen molar-refractivity contribution in [1.82, 2.24) is 15.8 Å². The van der Waals surface area contributed by atoms with E-state index in [1.54, 1.807) is 31.3 Å². The summed E-state index contributed by atoms with van der Waals surface area (Å²) < 4.78 is 0.885. The summed E-state index contributed by atoms with van der Waals surface area (Å²) in [7, 11) is 1.75. The molecule has 0 spiro atoms. The Morgan fingerprint density at radius 3 is 2.16 bits per heavy atom. The van der Waals surface area contributed by atoms with Crippen LogP contribution in [0.25, 0.3) is 0 Å². The van der Waals surface area contributed by atoms with E-state index in [0.717, 1.165) is 35.2 Å². The van der Waals surface area contributed by atoms with Crippen LogP contribution in [0.5, 0.6) is 0 Å². The molecule has 25 heavy (non-hydrogen) atoms. The predicted molar refractivity (Wildman–Crippen MR) is 96.4 cm³/mol. The Labute approximate surface area is 154 Å². The maximum Gasteiger partial charge on any atom is 0.338 e. The Bertz CT molecular complexity index is 659. The molecule has 4 amide bonds. The standard InChI is InChI=1S/C17H21BrN4O3/c1-19-17(11-2-3-11,12-4-5-12)15(24)22(10-23)21-16(25)20-14-8-6-13(18)7-9-14/h6-12,19H,2-5H2,1H3,(H2,20,21,25). The summed E-state index contributed by atoms with van der Waals surface area (Å²) in [6, 6.07) is 6.35. The van der Waals surface area contributed by atoms with E-state index in [2.05, 4.69) is 32.0 Å². The van der Waals surface area contributed by atoms with E-state index < -0.39 is 11.6 Å². The Hall–Kier alpha value is -1.93. The zero-order valence-electron chi connectivity index (χ0n) is 13.9. The zero-order valence-corrected chi connectivity index (χ0v) is 15.5. The lowest BCUT2D eigenvalue weighted by Gasteiger charge is -2.35. The second-order valence-corrected chi connectivity index (χ2v) is 7.44. The van der Waals surface area contributed by atoms with Crippen molar-refractivity contribution in [1.29, 1.82) is 0 Å². The van der Waals surface area contributed by atoms with Gasteiger partial charge in [-0.05, 0) is 68.8 Å². The van der Waals surface area contributed by atoms with Crippen LogP contribution in [0.15, 0.2) is 28.7 Å². The van der Waals surface area contributed by atoms with Gasteiger partial charge in [0.2, 0.25) is 6.41 Å². The van der Waals surface area contributed by atoms with Crippen molar-refractivity contribution in [3.63, 3.8) is 0 Å². The Morgan fingerprint density at radius 2 is 1.72 bits per heavy atom. The van der Waals surface area contributed by atoms with Gasteiger partial charge in [0.15, 0.2) is 0 Å². The minimum absolute atomic E-state index is 0.219. The molecule has 2 aliphatic carbocycles. The molecular formula is C17H21BrN4O3. The first-order valence-corrected chi connectivity index (χ1v) is 9.11. The lowest BCUT2D eigenvalue weighted by Crippen LogP contribution is -2.63. The summed E-state index contributed by atoms with van der Waals surface area (Å²) in [4.78, 5) is 36.6. The van der Waals surface area contributed by atoms with Gasteiger partial charge in [-0.1, -0.05) is 15.9 Å². The fourth-order valence-corrected chi connectivity index (χ4v) is 3.67. The van der Waals surface area contributed by atoms with E-state index in [0.29, 0.717) is 12.1 Å². The van der Waals surface area contributed by atoms with Gasteiger partial charge in [-0.3, -0.25) is 9.59 Å². The molecule has 0 saturated heterocycles. The number of rotatable bonds is 6. The number of urea groups is 1. The fourth-order valence-electron chi connectivity index (χ4n) is 3.40. The number of halogens is 1. The molecule has 0 aromatic heterocycles. The second-order valence-electron chi connectivity index (χ2n) is 6.52. The van der Waals surface area contributed by atoms with E-state index in [9.17, 15) is 14.4 Å². The molecule has 2 aliphatic rings. The first-order chi connectivity index (χ1) is 12.0. The molecule has 3 N–H and O–H groups in total. The molecule has 0 bridgehead atoms. The maximum atomic E-state index is 13.0. The molecule has 134 valence electrons. The average Bonchev–Trinajstić information content (AvgIpc) is 3.48. The maximum absolute atomic E-state index is 13.0. The van der Waals surface area contributed by atoms with E-state index in [1.807, 2.05) is 0 Å². The summed E-state index contributed by atoms with van der Waals surface area (Å²) in [6.45, 7) is 0. The molecule has 0 heterocycles. The van der Waals surface area contributed by atoms with Crippen molar-refractivity contribution in [2.24, 2.45) is 11.8 Å². The highest BCUT2D eigenvalue weighted by Gasteiger charge is 2.59. The number of carbonyl (C=O) groups is 3. The van der Waals surface area contributed by atoms with Gasteiger partial charge in [0.05, 0.1) is 0 Å². The van der Waals surface area contributed by atoms with Gasteiger partial charge >= 0.3 is 6.03 Å². The molecule has 8 heteroatoms. The van der Waals surface area contributed by atoms with Crippen LogP contribution in [-0.4, -0.2) is 35.9 Å². The summed E-state index contributed by atoms with van der Waals surface area (Å²) in [5, 5.41) is 6.53. The number of imide groups is 1. The molecule has 2 saturated carbocycles. The molecule has 1 aromatic carbocycles. The summed E-state index contributed by atoms with van der Waals surface area (Å²) in [5.74, 6) is 0.0496. The SMILES string of the molecule is CNC(C(=O)N(C=O)NC(=O)Nc1ccc(Br)cc1)(C1CC1)C1CC1. The monoisotopic (exact) mass is 408 g/mol. The third-order valence-electron chi connectivity index (χ3n) is 4.86. The molecule has 1 aromatic rings. The quantitative estimate of drug-likeness (QED) is 0.497. The average molecular weight is 409 g/mol. The molecule has 0 unspecified atom stereocenters. The molecule has 0 aliphatic heterocycles. The van der Waals surface area contributed by atoms with Crippen molar-refractivity contribution in [3.8, 4) is 0 Å². The second kappa shape index (κ2) is 7.13. The number of hydrazine groups is 1. The summed E-state index contributed by atoms with van der Waals surface area (Å²) in [6.07, 6.45) is 4.20. The van der Waals surface area contributed by atoms with E-state index in [-0.39, 0.29) is 17.7 Å². The van der Waals surface area contributed by atoms with Crippen molar-refractivity contribution < 1.29 is 14.4 Å². The zero-order chi connectivity index (χ0) is 18.0. The summed E-state index contributed by atoms with van der Waals surface area (Å²) >= 11 is 3.32. The number of carbonyl (C=O) groups excluding carboxylic acids is 3. The topological polar surface area (TPSA) is 90.5 Å². The van der Waals surface area contributed by atoms with Crippen LogP contribution >= 0.6 is 15.9 Å². The van der Waals surface area contributed by atoms with E-state index in [4.69, 9.17) is 0 Å². The largest absolute Gasteiger partial charge is 0.338 e. The number of nitrogens with zero attached hydrogens (tertiary/aromatic N) is 1. The first-order valence-electron chi connectivity index (χ1n) is 8.32. The van der Waals surface area contributed by atoms with Crippen molar-refractivity contribution in [2.45, 2.75) is 31.2 Å². The minimum atomic E-state index is -0.758. The van der Waals surface area contributed by atoms with Gasteiger partial charge in [0.1, 0.15) is 5.54 Å². The number of amides is 4. The molecule has 3 rings (SSSR count). The van der Waals surface area contributed by atoms with Gasteiger partial charge in [-0.15, -0.1) is 0 Å². The van der Waals surface area contributed by atoms with Gasteiger partial charge in [0, 0.05) is 10.2 Å². The Balaban J connectivity index is 1.68. The van der Waals surface area contributed by atoms with Crippen LogP contribution in [0.3, 0.4) is 0 Å². The lowest BCUT2D eigenvalue weighted by molar-refractivity contribution is -0.147. The van der Waals surface area contributed by atoms with Crippen molar-refractivity contribution >= 4 is 40.0 Å². The molecule has 0 atom stereocenters. The third kappa shape index (κ3) is 3.69. The van der Waals surface area contributed by atoms with Gasteiger partial charge in [-0.25, -0.2) is 10.2 Å². The van der Waals surface area contributed by atoms with Crippen LogP contribution < -0.4 is 16.1 Å². The predicted octanol–water partition coefficient (Wildman–Crippen LogP) is 2.25. The molecular weight excluding hydrogens is 388 g/mol. The van der Waals surface area contributed by atoms with Gasteiger partial charge < -0.3 is 10.6 Å². The number of hydrogen-bond donors (Lipinski definition) is 3. The molecule has 7 nitrogen and oxygen atoms in total. The smallest absolute Gasteiger partial charge is 0.307 e. The van der Waals surface area contributed by atoms with E-state index in [1.165, 1.54) is 0 Å². The first kappa shape index (κ1) is 17.9. The number of likely N-dealkylation sites (N-methyl/N-ethyl adjacent to an activating group) is 1. The van der Waals surface area contributed by atoms with Crippen LogP contribution in [-0.2, 0) is 9.59 Å². The highest BCUT2D eigenvalue weighted by atomic mass is 79.9. The van der Waals surface area contributed by atoms with Crippen LogP contribution in [0, 0.1) is 11.8 Å². The van der Waals surface area contributed by atoms with Gasteiger partial charge in [-0.2, -0.15) is 5.01 Å². The van der Waals surface area contributed by atoms with Crippen LogP contribution in [0.2, 0.25) is 0 Å². The number of hydrogen-bond acceptors (Lipinski definition) is 4. The van der Waals surface area contributed by atoms with E-state index >= 15 is 0 Å². The van der Waals surface area contributed by atoms with Crippen molar-refractivity contribution in [2.75, 3.05) is 12.4 Å². The number of benzene rings is 1. The fraction of sp³-hybridized carbons (Fsp3) is 0.471. The number of nitrogens with one attached hydrogen (secondary N) is 3. The minimum Gasteiger partial charge on any atom is -0.307 e. The highest BCUT2D eigenvalue weighted by molar-refractivity contribution is 9.10. The van der Waals surface area contributed by atoms with Crippen LogP contribution in [0.1, 0.15) is 25.7 Å². The third-order valence-corrected chi connectivity index (χ3v) is 5.39. The molecule has 2 fully saturated rings. The summed E-state index contributed by atoms with van der Waals surface area (Å²) in [5.41, 5.74) is 2.15. The van der Waals surface area contributed by atoms with Gasteiger partial charge in [0.25, 0.3) is 5.91 Å². The van der Waals surface area contributed by atoms with Crippen molar-refractivity contribution in [3.05, 3.63) is 28.7 Å². The highest BCUT2D eigenvalue weighted by Crippen LogP contribution is 2.52. The number of anilines is 1. The normalized spacial score (nSPS) is 16.9. The van der Waals surface area contributed by atoms with Crippen LogP contribution in [0.4, 0.5) is 10.5 Å². The Morgan fingerprint density at radius 1 is 1.16 bits per heavy atom. The lowest BCUT2D eigenvalue weighted by atomic mass is 9.86.